The molecule has 2 N–H and O–H groups in total. The molecule has 0 spiro atoms. The van der Waals surface area contributed by atoms with Crippen molar-refractivity contribution < 1.29 is 14.6 Å². The quantitative estimate of drug-likeness (QED) is 0.691. The molecule has 1 aromatic rings. The van der Waals surface area contributed by atoms with Crippen LogP contribution in [0.15, 0.2) is 21.1 Å². The molecule has 1 unspecified atom stereocenters. The van der Waals surface area contributed by atoms with Crippen molar-refractivity contribution in [2.45, 2.75) is 32.6 Å². The summed E-state index contributed by atoms with van der Waals surface area (Å²) in [4.78, 5) is 0. The van der Waals surface area contributed by atoms with E-state index in [-0.39, 0.29) is 19.3 Å². The molecule has 0 heterocycles. The van der Waals surface area contributed by atoms with Crippen molar-refractivity contribution >= 4 is 31.9 Å². The van der Waals surface area contributed by atoms with Gasteiger partial charge >= 0.3 is 0 Å². The Morgan fingerprint density at radius 2 is 1.80 bits per heavy atom. The number of halogens is 2. The normalized spacial score (nSPS) is 12.8. The van der Waals surface area contributed by atoms with Gasteiger partial charge < -0.3 is 19.9 Å². The highest BCUT2D eigenvalue weighted by molar-refractivity contribution is 9.11. The minimum Gasteiger partial charge on any atom is -0.488 e. The Bertz CT molecular complexity index is 404. The van der Waals surface area contributed by atoms with E-state index >= 15 is 0 Å². The molecule has 0 aliphatic carbocycles. The van der Waals surface area contributed by atoms with Gasteiger partial charge in [0.05, 0.1) is 21.7 Å². The maximum Gasteiger partial charge on any atom is 0.147 e. The molecule has 0 fully saturated rings. The number of benzene rings is 1. The second kappa shape index (κ2) is 9.00. The summed E-state index contributed by atoms with van der Waals surface area (Å²) in [6, 6.07) is 3.99. The fourth-order valence-electron chi connectivity index (χ4n) is 1.59. The highest BCUT2D eigenvalue weighted by Gasteiger charge is 2.12. The van der Waals surface area contributed by atoms with Gasteiger partial charge in [-0.15, -0.1) is 0 Å². The van der Waals surface area contributed by atoms with Gasteiger partial charge in [-0.1, -0.05) is 0 Å². The highest BCUT2D eigenvalue weighted by atomic mass is 79.9. The molecule has 0 radical (unpaired) electrons. The summed E-state index contributed by atoms with van der Waals surface area (Å²) in [5.41, 5.74) is 1.14. The molecule has 0 saturated carbocycles. The number of hydrogen-bond donors (Lipinski definition) is 2. The number of aliphatic hydroxyl groups is 1. The minimum atomic E-state index is -0.645. The Kier molecular flexibility index (Phi) is 8.06. The number of nitrogens with one attached hydrogen (secondary N) is 1. The lowest BCUT2D eigenvalue weighted by Crippen LogP contribution is -2.25. The molecule has 114 valence electrons. The smallest absolute Gasteiger partial charge is 0.147 e. The fourth-order valence-corrected chi connectivity index (χ4v) is 3.10. The van der Waals surface area contributed by atoms with Crippen LogP contribution in [0.1, 0.15) is 19.4 Å². The Hall–Kier alpha value is -0.140. The van der Waals surface area contributed by atoms with Crippen LogP contribution in [-0.2, 0) is 11.3 Å². The van der Waals surface area contributed by atoms with Crippen molar-refractivity contribution in [3.05, 3.63) is 26.6 Å². The first kappa shape index (κ1) is 17.9. The van der Waals surface area contributed by atoms with Crippen LogP contribution in [0.4, 0.5) is 0 Å². The van der Waals surface area contributed by atoms with E-state index in [9.17, 15) is 5.11 Å². The minimum absolute atomic E-state index is 0.101. The third-order valence-corrected chi connectivity index (χ3v) is 3.66. The summed E-state index contributed by atoms with van der Waals surface area (Å²) < 4.78 is 12.7. The molecule has 0 amide bonds. The highest BCUT2D eigenvalue weighted by Crippen LogP contribution is 2.34. The largest absolute Gasteiger partial charge is 0.488 e. The van der Waals surface area contributed by atoms with Crippen LogP contribution in [0.5, 0.6) is 5.75 Å². The summed E-state index contributed by atoms with van der Waals surface area (Å²) in [7, 11) is 1.90. The van der Waals surface area contributed by atoms with Crippen LogP contribution in [0.25, 0.3) is 0 Å². The van der Waals surface area contributed by atoms with Gasteiger partial charge in [0.15, 0.2) is 0 Å². The van der Waals surface area contributed by atoms with Gasteiger partial charge in [-0.2, -0.15) is 0 Å². The summed E-state index contributed by atoms with van der Waals surface area (Å²) in [5.74, 6) is 0.688. The second-order valence-electron chi connectivity index (χ2n) is 4.77. The van der Waals surface area contributed by atoms with Crippen molar-refractivity contribution in [2.24, 2.45) is 0 Å². The van der Waals surface area contributed by atoms with Gasteiger partial charge in [0.25, 0.3) is 0 Å². The molecule has 0 aliphatic heterocycles. The first-order valence-electron chi connectivity index (χ1n) is 6.49. The van der Waals surface area contributed by atoms with E-state index in [0.29, 0.717) is 5.75 Å². The molecule has 1 rings (SSSR count). The third kappa shape index (κ3) is 6.10. The van der Waals surface area contributed by atoms with E-state index in [1.165, 1.54) is 0 Å². The average molecular weight is 411 g/mol. The predicted octanol–water partition coefficient (Wildman–Crippen LogP) is 3.10. The van der Waals surface area contributed by atoms with Gasteiger partial charge in [-0.05, 0) is 70.5 Å². The Morgan fingerprint density at radius 3 is 2.30 bits per heavy atom. The molecule has 1 aromatic carbocycles. The van der Waals surface area contributed by atoms with Crippen molar-refractivity contribution in [1.82, 2.24) is 5.32 Å². The van der Waals surface area contributed by atoms with Crippen molar-refractivity contribution in [3.8, 4) is 5.75 Å². The molecule has 0 bridgehead atoms. The first-order chi connectivity index (χ1) is 9.43. The van der Waals surface area contributed by atoms with Crippen molar-refractivity contribution in [3.63, 3.8) is 0 Å². The number of aliphatic hydroxyl groups excluding tert-OH is 1. The average Bonchev–Trinajstić information content (AvgIpc) is 2.35. The summed E-state index contributed by atoms with van der Waals surface area (Å²) >= 11 is 6.97. The van der Waals surface area contributed by atoms with Crippen LogP contribution in [-0.4, -0.2) is 37.6 Å². The Labute approximate surface area is 137 Å². The third-order valence-electron chi connectivity index (χ3n) is 2.48. The van der Waals surface area contributed by atoms with Crippen LogP contribution in [0.2, 0.25) is 0 Å². The van der Waals surface area contributed by atoms with Crippen LogP contribution in [0.3, 0.4) is 0 Å². The van der Waals surface area contributed by atoms with Gasteiger partial charge in [-0.3, -0.25) is 0 Å². The number of ether oxygens (including phenoxy) is 2. The molecular formula is C14H21Br2NO3. The summed E-state index contributed by atoms with van der Waals surface area (Å²) in [6.07, 6.45) is -0.544. The van der Waals surface area contributed by atoms with E-state index in [1.54, 1.807) is 0 Å². The second-order valence-corrected chi connectivity index (χ2v) is 6.47. The lowest BCUT2D eigenvalue weighted by Gasteiger charge is -2.16. The molecule has 0 aliphatic rings. The van der Waals surface area contributed by atoms with Crippen molar-refractivity contribution in [1.29, 1.82) is 0 Å². The van der Waals surface area contributed by atoms with E-state index < -0.39 is 6.10 Å². The molecule has 1 atom stereocenters. The van der Waals surface area contributed by atoms with Crippen LogP contribution >= 0.6 is 31.9 Å². The van der Waals surface area contributed by atoms with E-state index in [1.807, 2.05) is 33.0 Å². The van der Waals surface area contributed by atoms with Gasteiger partial charge in [0.2, 0.25) is 0 Å². The molecule has 6 heteroatoms. The summed E-state index contributed by atoms with van der Waals surface area (Å²) in [5, 5.41) is 12.9. The van der Waals surface area contributed by atoms with Crippen LogP contribution in [0, 0.1) is 0 Å². The fraction of sp³-hybridized carbons (Fsp3) is 0.571. The lowest BCUT2D eigenvalue weighted by atomic mass is 10.2. The zero-order valence-corrected chi connectivity index (χ0v) is 15.1. The SMILES string of the molecule is CNCc1cc(Br)c(OCC(O)COC(C)C)c(Br)c1. The van der Waals surface area contributed by atoms with Crippen molar-refractivity contribution in [2.75, 3.05) is 20.3 Å². The standard InChI is InChI=1S/C14H21Br2NO3/c1-9(2)19-7-11(18)8-20-14-12(15)4-10(6-17-3)5-13(14)16/h4-5,9,11,17-18H,6-8H2,1-3H3. The zero-order chi connectivity index (χ0) is 15.1. The molecule has 20 heavy (non-hydrogen) atoms. The summed E-state index contributed by atoms with van der Waals surface area (Å²) in [6.45, 7) is 5.10. The van der Waals surface area contributed by atoms with E-state index in [2.05, 4.69) is 37.2 Å². The first-order valence-corrected chi connectivity index (χ1v) is 8.07. The van der Waals surface area contributed by atoms with Gasteiger partial charge in [0, 0.05) is 6.54 Å². The predicted molar refractivity (Wildman–Crippen MR) is 87.2 cm³/mol. The van der Waals surface area contributed by atoms with E-state index in [0.717, 1.165) is 21.1 Å². The van der Waals surface area contributed by atoms with Gasteiger partial charge in [0.1, 0.15) is 18.5 Å². The molecule has 4 nitrogen and oxygen atoms in total. The maximum absolute atomic E-state index is 9.79. The number of rotatable bonds is 8. The zero-order valence-electron chi connectivity index (χ0n) is 12.0. The molecule has 0 saturated heterocycles. The van der Waals surface area contributed by atoms with Gasteiger partial charge in [-0.25, -0.2) is 0 Å². The molecule has 0 aromatic heterocycles. The topological polar surface area (TPSA) is 50.7 Å². The Morgan fingerprint density at radius 1 is 1.20 bits per heavy atom. The lowest BCUT2D eigenvalue weighted by molar-refractivity contribution is -0.0124. The van der Waals surface area contributed by atoms with Crippen LogP contribution < -0.4 is 10.1 Å². The molecular weight excluding hydrogens is 390 g/mol. The maximum atomic E-state index is 9.79. The monoisotopic (exact) mass is 409 g/mol. The number of hydrogen-bond acceptors (Lipinski definition) is 4. The Balaban J connectivity index is 2.59. The van der Waals surface area contributed by atoms with E-state index in [4.69, 9.17) is 9.47 Å².